The molecule has 122 valence electrons. The number of hydrogen-bond donors (Lipinski definition) is 2. The molecule has 1 spiro atoms. The Balaban J connectivity index is 1.81. The molecule has 2 saturated heterocycles. The molecular formula is C18H23N2O3+. The van der Waals surface area contributed by atoms with Crippen molar-refractivity contribution in [2.45, 2.75) is 44.7 Å². The third-order valence-corrected chi connectivity index (χ3v) is 5.83. The maximum atomic E-state index is 13.0. The molecule has 0 bridgehead atoms. The first-order chi connectivity index (χ1) is 11.1. The Kier molecular flexibility index (Phi) is 3.23. The zero-order chi connectivity index (χ0) is 16.2. The van der Waals surface area contributed by atoms with Gasteiger partial charge in [-0.05, 0) is 26.0 Å². The maximum absolute atomic E-state index is 13.0. The molecule has 1 amide bonds. The number of nitrogens with one attached hydrogen (secondary N) is 2. The summed E-state index contributed by atoms with van der Waals surface area (Å²) >= 11 is 0. The van der Waals surface area contributed by atoms with E-state index in [1.165, 1.54) is 4.90 Å². The highest BCUT2D eigenvalue weighted by Crippen LogP contribution is 2.44. The van der Waals surface area contributed by atoms with Gasteiger partial charge in [0.2, 0.25) is 5.54 Å². The number of quaternary nitrogens is 1. The molecular weight excluding hydrogens is 292 g/mol. The van der Waals surface area contributed by atoms with E-state index < -0.39 is 5.54 Å². The second-order valence-corrected chi connectivity index (χ2v) is 7.00. The van der Waals surface area contributed by atoms with Gasteiger partial charge in [-0.2, -0.15) is 0 Å². The zero-order valence-electron chi connectivity index (χ0n) is 13.6. The van der Waals surface area contributed by atoms with Crippen molar-refractivity contribution in [2.75, 3.05) is 18.5 Å². The van der Waals surface area contributed by atoms with Crippen molar-refractivity contribution < 1.29 is 19.2 Å². The lowest BCUT2D eigenvalue weighted by Gasteiger charge is -2.29. The lowest BCUT2D eigenvalue weighted by atomic mass is 9.84. The molecule has 0 aliphatic carbocycles. The number of amides is 1. The molecule has 5 nitrogen and oxygen atoms in total. The first kappa shape index (κ1) is 14.7. The Morgan fingerprint density at radius 2 is 2.30 bits per heavy atom. The highest BCUT2D eigenvalue weighted by atomic mass is 16.5. The Morgan fingerprint density at radius 3 is 3.09 bits per heavy atom. The quantitative estimate of drug-likeness (QED) is 0.793. The summed E-state index contributed by atoms with van der Waals surface area (Å²) in [5, 5.41) is 3.05. The molecule has 4 atom stereocenters. The number of hydrogen-bond acceptors (Lipinski definition) is 3. The van der Waals surface area contributed by atoms with Crippen LogP contribution in [0.1, 0.15) is 37.3 Å². The second kappa shape index (κ2) is 5.06. The molecule has 23 heavy (non-hydrogen) atoms. The molecule has 4 rings (SSSR count). The summed E-state index contributed by atoms with van der Waals surface area (Å²) < 4.78 is 5.30. The molecule has 3 aliphatic rings. The average molecular weight is 315 g/mol. The highest BCUT2D eigenvalue weighted by Gasteiger charge is 2.67. The number of anilines is 1. The van der Waals surface area contributed by atoms with E-state index in [-0.39, 0.29) is 23.8 Å². The van der Waals surface area contributed by atoms with Gasteiger partial charge in [-0.3, -0.25) is 9.59 Å². The lowest BCUT2D eigenvalue weighted by Crippen LogP contribution is -3.19. The number of carbonyl (C=O) groups excluding carboxylic acids is 2. The van der Waals surface area contributed by atoms with E-state index in [4.69, 9.17) is 4.74 Å². The summed E-state index contributed by atoms with van der Waals surface area (Å²) in [5.74, 6) is -0.265. The number of rotatable bonds is 2. The van der Waals surface area contributed by atoms with Gasteiger partial charge in [0.05, 0.1) is 18.8 Å². The Morgan fingerprint density at radius 1 is 1.48 bits per heavy atom. The van der Waals surface area contributed by atoms with Crippen molar-refractivity contribution in [2.24, 2.45) is 5.92 Å². The van der Waals surface area contributed by atoms with Crippen LogP contribution in [0, 0.1) is 12.8 Å². The minimum Gasteiger partial charge on any atom is -0.466 e. The molecule has 0 saturated carbocycles. The first-order valence-electron chi connectivity index (χ1n) is 8.53. The van der Waals surface area contributed by atoms with Crippen molar-refractivity contribution in [3.8, 4) is 0 Å². The SMILES string of the molecule is CCOC(=O)[C@@H]1C[C@@]2(C(=O)Nc3ccc(C)cc32)[NH+]2CCC[C@@H]12. The fourth-order valence-electron chi connectivity index (χ4n) is 4.94. The van der Waals surface area contributed by atoms with Crippen LogP contribution < -0.4 is 10.2 Å². The summed E-state index contributed by atoms with van der Waals surface area (Å²) in [6.07, 6.45) is 2.62. The van der Waals surface area contributed by atoms with E-state index in [9.17, 15) is 9.59 Å². The average Bonchev–Trinajstić information content (AvgIpc) is 3.16. The number of aryl methyl sites for hydroxylation is 1. The smallest absolute Gasteiger partial charge is 0.315 e. The summed E-state index contributed by atoms with van der Waals surface area (Å²) in [5.41, 5.74) is 2.51. The molecule has 2 N–H and O–H groups in total. The van der Waals surface area contributed by atoms with Crippen LogP contribution in [-0.2, 0) is 19.9 Å². The predicted molar refractivity (Wildman–Crippen MR) is 85.1 cm³/mol. The van der Waals surface area contributed by atoms with Crippen molar-refractivity contribution >= 4 is 17.6 Å². The second-order valence-electron chi connectivity index (χ2n) is 7.00. The zero-order valence-corrected chi connectivity index (χ0v) is 13.6. The van der Waals surface area contributed by atoms with Crippen LogP contribution in [0.15, 0.2) is 18.2 Å². The van der Waals surface area contributed by atoms with Gasteiger partial charge in [-0.25, -0.2) is 0 Å². The number of ether oxygens (including phenoxy) is 1. The summed E-state index contributed by atoms with van der Waals surface area (Å²) in [4.78, 5) is 26.7. The van der Waals surface area contributed by atoms with Crippen LogP contribution in [0.5, 0.6) is 0 Å². The first-order valence-corrected chi connectivity index (χ1v) is 8.53. The number of benzene rings is 1. The third-order valence-electron chi connectivity index (χ3n) is 5.83. The summed E-state index contributed by atoms with van der Waals surface area (Å²) in [7, 11) is 0. The normalized spacial score (nSPS) is 34.3. The van der Waals surface area contributed by atoms with Crippen molar-refractivity contribution in [3.63, 3.8) is 0 Å². The van der Waals surface area contributed by atoms with Crippen LogP contribution >= 0.6 is 0 Å². The number of esters is 1. The molecule has 1 aromatic carbocycles. The van der Waals surface area contributed by atoms with Crippen LogP contribution in [0.3, 0.4) is 0 Å². The van der Waals surface area contributed by atoms with Crippen molar-refractivity contribution in [3.05, 3.63) is 29.3 Å². The monoisotopic (exact) mass is 315 g/mol. The molecule has 1 aromatic rings. The largest absolute Gasteiger partial charge is 0.466 e. The molecule has 3 aliphatic heterocycles. The molecule has 1 unspecified atom stereocenters. The predicted octanol–water partition coefficient (Wildman–Crippen LogP) is 0.773. The van der Waals surface area contributed by atoms with E-state index in [1.807, 2.05) is 26.0 Å². The number of fused-ring (bicyclic) bond motifs is 4. The molecule has 2 fully saturated rings. The van der Waals surface area contributed by atoms with Crippen molar-refractivity contribution in [1.82, 2.24) is 0 Å². The highest BCUT2D eigenvalue weighted by molar-refractivity contribution is 6.05. The van der Waals surface area contributed by atoms with Crippen LogP contribution in [0.2, 0.25) is 0 Å². The van der Waals surface area contributed by atoms with Gasteiger partial charge in [0.15, 0.2) is 0 Å². The third kappa shape index (κ3) is 1.89. The van der Waals surface area contributed by atoms with Gasteiger partial charge in [-0.1, -0.05) is 11.6 Å². The summed E-state index contributed by atoms with van der Waals surface area (Å²) in [6, 6.07) is 6.32. The van der Waals surface area contributed by atoms with Crippen LogP contribution in [0.4, 0.5) is 5.69 Å². The number of carbonyl (C=O) groups is 2. The molecule has 3 heterocycles. The van der Waals surface area contributed by atoms with Gasteiger partial charge in [0.1, 0.15) is 12.0 Å². The van der Waals surface area contributed by atoms with Gasteiger partial charge in [-0.15, -0.1) is 0 Å². The molecule has 0 aromatic heterocycles. The van der Waals surface area contributed by atoms with Crippen LogP contribution in [-0.4, -0.2) is 31.1 Å². The fraction of sp³-hybridized carbons (Fsp3) is 0.556. The topological polar surface area (TPSA) is 59.8 Å². The fourth-order valence-corrected chi connectivity index (χ4v) is 4.94. The van der Waals surface area contributed by atoms with E-state index in [2.05, 4.69) is 11.4 Å². The minimum absolute atomic E-state index is 0.0480. The van der Waals surface area contributed by atoms with E-state index in [0.29, 0.717) is 13.0 Å². The summed E-state index contributed by atoms with van der Waals surface area (Å²) in [6.45, 7) is 5.22. The Bertz CT molecular complexity index is 687. The van der Waals surface area contributed by atoms with Gasteiger partial charge >= 0.3 is 5.97 Å². The van der Waals surface area contributed by atoms with Crippen LogP contribution in [0.25, 0.3) is 0 Å². The molecule has 0 radical (unpaired) electrons. The lowest BCUT2D eigenvalue weighted by molar-refractivity contribution is -0.947. The van der Waals surface area contributed by atoms with Gasteiger partial charge in [0, 0.05) is 24.8 Å². The van der Waals surface area contributed by atoms with E-state index >= 15 is 0 Å². The van der Waals surface area contributed by atoms with E-state index in [0.717, 1.165) is 36.2 Å². The van der Waals surface area contributed by atoms with Gasteiger partial charge in [0.25, 0.3) is 5.91 Å². The Labute approximate surface area is 136 Å². The molecule has 5 heteroatoms. The van der Waals surface area contributed by atoms with Crippen molar-refractivity contribution in [1.29, 1.82) is 0 Å². The maximum Gasteiger partial charge on any atom is 0.315 e. The van der Waals surface area contributed by atoms with Gasteiger partial charge < -0.3 is 15.0 Å². The standard InChI is InChI=1S/C18H22N2O3/c1-3-23-16(21)12-10-18(20-8-4-5-15(12)20)13-9-11(2)6-7-14(13)19-17(18)22/h6-7,9,12,15H,3-5,8,10H2,1-2H3,(H,19,22)/p+1/t12-,15+,18-/m1/s1. The van der Waals surface area contributed by atoms with E-state index in [1.54, 1.807) is 0 Å². The Hall–Kier alpha value is -1.88. The minimum atomic E-state index is -0.611.